The predicted molar refractivity (Wildman–Crippen MR) is 85.5 cm³/mol. The molecule has 124 valence electrons. The van der Waals surface area contributed by atoms with Crippen LogP contribution < -0.4 is 10.5 Å². The standard InChI is InChI=1S/C13H20ClN3O4S/c1-4-13(15,5-2)8-16-22(20,21)10-6-11(14)9(3)12(7-10)17(18)19/h6-7,16H,4-5,8,15H2,1-3H3. The topological polar surface area (TPSA) is 115 Å². The van der Waals surface area contributed by atoms with E-state index in [2.05, 4.69) is 4.72 Å². The third-order valence-corrected chi connectivity index (χ3v) is 5.59. The third kappa shape index (κ3) is 4.16. The average Bonchev–Trinajstić information content (AvgIpc) is 2.47. The second-order valence-electron chi connectivity index (χ2n) is 5.20. The van der Waals surface area contributed by atoms with Crippen molar-refractivity contribution >= 4 is 27.3 Å². The summed E-state index contributed by atoms with van der Waals surface area (Å²) in [6.07, 6.45) is 1.20. The number of sulfonamides is 1. The number of rotatable bonds is 7. The molecule has 0 heterocycles. The summed E-state index contributed by atoms with van der Waals surface area (Å²) in [7, 11) is -3.93. The Morgan fingerprint density at radius 3 is 2.36 bits per heavy atom. The van der Waals surface area contributed by atoms with Gasteiger partial charge in [0, 0.05) is 23.7 Å². The molecule has 7 nitrogen and oxygen atoms in total. The van der Waals surface area contributed by atoms with E-state index in [1.165, 1.54) is 13.0 Å². The molecule has 1 aromatic rings. The zero-order valence-electron chi connectivity index (χ0n) is 12.7. The Labute approximate surface area is 135 Å². The van der Waals surface area contributed by atoms with Gasteiger partial charge in [0.2, 0.25) is 10.0 Å². The van der Waals surface area contributed by atoms with Crippen molar-refractivity contribution in [3.63, 3.8) is 0 Å². The number of nitrogens with zero attached hydrogens (tertiary/aromatic N) is 1. The molecule has 0 saturated heterocycles. The van der Waals surface area contributed by atoms with Crippen LogP contribution in [0.5, 0.6) is 0 Å². The lowest BCUT2D eigenvalue weighted by atomic mass is 9.95. The molecule has 0 aliphatic rings. The number of nitrogens with one attached hydrogen (secondary N) is 1. The van der Waals surface area contributed by atoms with Crippen LogP contribution in [0.4, 0.5) is 5.69 Å². The molecule has 22 heavy (non-hydrogen) atoms. The summed E-state index contributed by atoms with van der Waals surface area (Å²) in [6, 6.07) is 2.20. The number of nitro benzene ring substituents is 1. The number of hydrogen-bond donors (Lipinski definition) is 2. The van der Waals surface area contributed by atoms with Gasteiger partial charge in [0.15, 0.2) is 0 Å². The smallest absolute Gasteiger partial charge is 0.275 e. The van der Waals surface area contributed by atoms with Crippen LogP contribution in [-0.2, 0) is 10.0 Å². The lowest BCUT2D eigenvalue weighted by molar-refractivity contribution is -0.385. The Hall–Kier alpha value is -1.22. The molecule has 0 unspecified atom stereocenters. The van der Waals surface area contributed by atoms with Crippen LogP contribution in [0.1, 0.15) is 32.3 Å². The second-order valence-corrected chi connectivity index (χ2v) is 7.37. The fourth-order valence-electron chi connectivity index (χ4n) is 1.81. The first-order chi connectivity index (χ1) is 10.1. The van der Waals surface area contributed by atoms with Crippen LogP contribution >= 0.6 is 11.6 Å². The Morgan fingerprint density at radius 1 is 1.36 bits per heavy atom. The summed E-state index contributed by atoms with van der Waals surface area (Å²) in [6.45, 7) is 5.24. The monoisotopic (exact) mass is 349 g/mol. The van der Waals surface area contributed by atoms with Crippen LogP contribution in [0.15, 0.2) is 17.0 Å². The molecule has 0 atom stereocenters. The molecule has 9 heteroatoms. The summed E-state index contributed by atoms with van der Waals surface area (Å²) in [5.74, 6) is 0. The van der Waals surface area contributed by atoms with Crippen molar-refractivity contribution in [3.05, 3.63) is 32.8 Å². The van der Waals surface area contributed by atoms with Crippen molar-refractivity contribution in [2.24, 2.45) is 5.73 Å². The number of nitrogens with two attached hydrogens (primary N) is 1. The quantitative estimate of drug-likeness (QED) is 0.579. The first kappa shape index (κ1) is 18.8. The summed E-state index contributed by atoms with van der Waals surface area (Å²) in [5.41, 5.74) is 5.28. The molecule has 1 rings (SSSR count). The van der Waals surface area contributed by atoms with Crippen molar-refractivity contribution in [2.75, 3.05) is 6.54 Å². The lowest BCUT2D eigenvalue weighted by Crippen LogP contribution is -2.49. The van der Waals surface area contributed by atoms with E-state index in [9.17, 15) is 18.5 Å². The van der Waals surface area contributed by atoms with E-state index in [4.69, 9.17) is 17.3 Å². The number of halogens is 1. The van der Waals surface area contributed by atoms with E-state index in [1.807, 2.05) is 13.8 Å². The Balaban J connectivity index is 3.16. The maximum Gasteiger partial charge on any atom is 0.275 e. The van der Waals surface area contributed by atoms with Gasteiger partial charge in [0.05, 0.1) is 14.8 Å². The molecule has 0 bridgehead atoms. The van der Waals surface area contributed by atoms with Gasteiger partial charge in [0.1, 0.15) is 0 Å². The van der Waals surface area contributed by atoms with Gasteiger partial charge in [0.25, 0.3) is 5.69 Å². The van der Waals surface area contributed by atoms with Gasteiger partial charge >= 0.3 is 0 Å². The zero-order chi connectivity index (χ0) is 17.1. The Bertz CT molecular complexity index is 672. The lowest BCUT2D eigenvalue weighted by Gasteiger charge is -2.26. The third-order valence-electron chi connectivity index (χ3n) is 3.82. The predicted octanol–water partition coefficient (Wildman–Crippen LogP) is 2.35. The highest BCUT2D eigenvalue weighted by atomic mass is 35.5. The maximum atomic E-state index is 12.3. The SMILES string of the molecule is CCC(N)(CC)CNS(=O)(=O)c1cc(Cl)c(C)c([N+](=O)[O-])c1. The summed E-state index contributed by atoms with van der Waals surface area (Å²) in [4.78, 5) is 10.1. The molecular weight excluding hydrogens is 330 g/mol. The normalized spacial score (nSPS) is 12.4. The zero-order valence-corrected chi connectivity index (χ0v) is 14.3. The Kier molecular flexibility index (Phi) is 5.91. The molecule has 0 aromatic heterocycles. The van der Waals surface area contributed by atoms with Gasteiger partial charge in [-0.1, -0.05) is 25.4 Å². The highest BCUT2D eigenvalue weighted by Crippen LogP contribution is 2.29. The molecule has 0 spiro atoms. The van der Waals surface area contributed by atoms with Crippen LogP contribution in [0.25, 0.3) is 0 Å². The minimum atomic E-state index is -3.93. The van der Waals surface area contributed by atoms with Gasteiger partial charge in [-0.05, 0) is 25.8 Å². The van der Waals surface area contributed by atoms with Crippen LogP contribution in [0.3, 0.4) is 0 Å². The van der Waals surface area contributed by atoms with Gasteiger partial charge in [-0.2, -0.15) is 0 Å². The summed E-state index contributed by atoms with van der Waals surface area (Å²) < 4.78 is 27.0. The van der Waals surface area contributed by atoms with Crippen LogP contribution in [0.2, 0.25) is 5.02 Å². The van der Waals surface area contributed by atoms with Gasteiger partial charge in [-0.15, -0.1) is 0 Å². The highest BCUT2D eigenvalue weighted by molar-refractivity contribution is 7.89. The maximum absolute atomic E-state index is 12.3. The van der Waals surface area contributed by atoms with E-state index < -0.39 is 20.5 Å². The fraction of sp³-hybridized carbons (Fsp3) is 0.538. The molecule has 3 N–H and O–H groups in total. The van der Waals surface area contributed by atoms with Crippen molar-refractivity contribution in [3.8, 4) is 0 Å². The second kappa shape index (κ2) is 6.91. The largest absolute Gasteiger partial charge is 0.324 e. The van der Waals surface area contributed by atoms with Crippen LogP contribution in [-0.4, -0.2) is 25.4 Å². The summed E-state index contributed by atoms with van der Waals surface area (Å²) in [5, 5.41) is 11.0. The molecule has 0 radical (unpaired) electrons. The van der Waals surface area contributed by atoms with E-state index in [1.54, 1.807) is 0 Å². The average molecular weight is 350 g/mol. The van der Waals surface area contributed by atoms with Crippen molar-refractivity contribution in [1.82, 2.24) is 4.72 Å². The first-order valence-corrected chi connectivity index (χ1v) is 8.65. The molecule has 1 aromatic carbocycles. The van der Waals surface area contributed by atoms with Gasteiger partial charge in [-0.3, -0.25) is 10.1 Å². The molecule has 0 amide bonds. The van der Waals surface area contributed by atoms with Gasteiger partial charge < -0.3 is 5.73 Å². The number of benzene rings is 1. The van der Waals surface area contributed by atoms with E-state index >= 15 is 0 Å². The van der Waals surface area contributed by atoms with Crippen molar-refractivity contribution in [1.29, 1.82) is 0 Å². The molecule has 0 fully saturated rings. The highest BCUT2D eigenvalue weighted by Gasteiger charge is 2.26. The minimum Gasteiger partial charge on any atom is -0.324 e. The molecular formula is C13H20ClN3O4S. The first-order valence-electron chi connectivity index (χ1n) is 6.79. The molecule has 0 saturated carbocycles. The number of hydrogen-bond acceptors (Lipinski definition) is 5. The van der Waals surface area contributed by atoms with Crippen LogP contribution in [0, 0.1) is 17.0 Å². The van der Waals surface area contributed by atoms with Gasteiger partial charge in [-0.25, -0.2) is 13.1 Å². The molecule has 0 aliphatic heterocycles. The Morgan fingerprint density at radius 2 is 1.91 bits per heavy atom. The van der Waals surface area contributed by atoms with Crippen molar-refractivity contribution in [2.45, 2.75) is 44.0 Å². The van der Waals surface area contributed by atoms with Crippen molar-refractivity contribution < 1.29 is 13.3 Å². The van der Waals surface area contributed by atoms with E-state index in [0.717, 1.165) is 6.07 Å². The summed E-state index contributed by atoms with van der Waals surface area (Å²) >= 11 is 5.89. The van der Waals surface area contributed by atoms with E-state index in [0.29, 0.717) is 12.8 Å². The minimum absolute atomic E-state index is 0.0274. The number of nitro groups is 1. The fourth-order valence-corrected chi connectivity index (χ4v) is 3.27. The van der Waals surface area contributed by atoms with E-state index in [-0.39, 0.29) is 27.7 Å². The molecule has 0 aliphatic carbocycles.